The van der Waals surface area contributed by atoms with E-state index in [1.54, 1.807) is 12.1 Å². The van der Waals surface area contributed by atoms with E-state index in [-0.39, 0.29) is 11.6 Å². The topological polar surface area (TPSA) is 29.1 Å². The number of carbonyl (C=O) groups excluding carboxylic acids is 1. The molecule has 0 aromatic heterocycles. The first-order chi connectivity index (χ1) is 9.08. The minimum Gasteiger partial charge on any atom is -0.345 e. The molecular weight excluding hydrogens is 309 g/mol. The van der Waals surface area contributed by atoms with Gasteiger partial charge in [-0.05, 0) is 36.8 Å². The smallest absolute Gasteiger partial charge is 0.254 e. The highest BCUT2D eigenvalue weighted by molar-refractivity contribution is 9.10. The number of halogens is 2. The summed E-state index contributed by atoms with van der Waals surface area (Å²) in [5, 5.41) is 2.78. The first-order valence-corrected chi connectivity index (χ1v) is 6.68. The second kappa shape index (κ2) is 5.97. The van der Waals surface area contributed by atoms with E-state index in [0.29, 0.717) is 0 Å². The van der Waals surface area contributed by atoms with Gasteiger partial charge in [0.1, 0.15) is 5.82 Å². The summed E-state index contributed by atoms with van der Waals surface area (Å²) in [5.74, 6) is -0.920. The zero-order valence-electron chi connectivity index (χ0n) is 10.4. The number of hydrogen-bond acceptors (Lipinski definition) is 1. The van der Waals surface area contributed by atoms with Crippen molar-refractivity contribution in [3.05, 3.63) is 69.9 Å². The fourth-order valence-corrected chi connectivity index (χ4v) is 2.02. The van der Waals surface area contributed by atoms with Crippen LogP contribution in [-0.2, 0) is 0 Å². The Balaban J connectivity index is 2.11. The van der Waals surface area contributed by atoms with Crippen LogP contribution in [0.5, 0.6) is 0 Å². The number of rotatable bonds is 3. The molecule has 2 nitrogen and oxygen atoms in total. The van der Waals surface area contributed by atoms with Crippen LogP contribution in [0.1, 0.15) is 28.9 Å². The third kappa shape index (κ3) is 3.41. The Labute approximate surface area is 119 Å². The highest BCUT2D eigenvalue weighted by Gasteiger charge is 2.14. The van der Waals surface area contributed by atoms with Gasteiger partial charge in [-0.3, -0.25) is 4.79 Å². The fraction of sp³-hybridized carbons (Fsp3) is 0.133. The summed E-state index contributed by atoms with van der Waals surface area (Å²) >= 11 is 3.35. The van der Waals surface area contributed by atoms with Crippen LogP contribution in [0.4, 0.5) is 4.39 Å². The average molecular weight is 322 g/mol. The standard InChI is InChI=1S/C15H13BrFNO/c1-10(11-6-8-12(16)9-7-11)18-15(19)13-4-2-3-5-14(13)17/h2-10H,1H3,(H,18,19)/t10-/m0/s1. The summed E-state index contributed by atoms with van der Waals surface area (Å²) < 4.78 is 14.5. The van der Waals surface area contributed by atoms with Gasteiger partial charge < -0.3 is 5.32 Å². The Morgan fingerprint density at radius 3 is 2.42 bits per heavy atom. The summed E-state index contributed by atoms with van der Waals surface area (Å²) in [6.07, 6.45) is 0. The average Bonchev–Trinajstić information content (AvgIpc) is 2.39. The normalized spacial score (nSPS) is 11.9. The van der Waals surface area contributed by atoms with Gasteiger partial charge in [-0.1, -0.05) is 40.2 Å². The highest BCUT2D eigenvalue weighted by atomic mass is 79.9. The highest BCUT2D eigenvalue weighted by Crippen LogP contribution is 2.17. The van der Waals surface area contributed by atoms with Gasteiger partial charge >= 0.3 is 0 Å². The zero-order chi connectivity index (χ0) is 13.8. The third-order valence-electron chi connectivity index (χ3n) is 2.84. The molecule has 0 aliphatic carbocycles. The molecule has 19 heavy (non-hydrogen) atoms. The van der Waals surface area contributed by atoms with E-state index in [2.05, 4.69) is 21.2 Å². The molecule has 0 fully saturated rings. The van der Waals surface area contributed by atoms with Crippen LogP contribution in [0.25, 0.3) is 0 Å². The molecule has 0 aliphatic rings. The number of amides is 1. The van der Waals surface area contributed by atoms with E-state index in [1.165, 1.54) is 12.1 Å². The Morgan fingerprint density at radius 1 is 1.16 bits per heavy atom. The third-order valence-corrected chi connectivity index (χ3v) is 3.36. The lowest BCUT2D eigenvalue weighted by molar-refractivity contribution is 0.0936. The van der Waals surface area contributed by atoms with Gasteiger partial charge in [0, 0.05) is 4.47 Å². The quantitative estimate of drug-likeness (QED) is 0.906. The van der Waals surface area contributed by atoms with Crippen LogP contribution in [-0.4, -0.2) is 5.91 Å². The Kier molecular flexibility index (Phi) is 4.32. The van der Waals surface area contributed by atoms with Gasteiger partial charge in [-0.2, -0.15) is 0 Å². The maximum Gasteiger partial charge on any atom is 0.254 e. The second-order valence-corrected chi connectivity index (χ2v) is 5.14. The second-order valence-electron chi connectivity index (χ2n) is 4.23. The van der Waals surface area contributed by atoms with Crippen molar-refractivity contribution >= 4 is 21.8 Å². The summed E-state index contributed by atoms with van der Waals surface area (Å²) in [4.78, 5) is 12.0. The minimum absolute atomic E-state index is 0.0615. The molecule has 1 atom stereocenters. The van der Waals surface area contributed by atoms with Crippen LogP contribution in [0.15, 0.2) is 53.0 Å². The van der Waals surface area contributed by atoms with Crippen molar-refractivity contribution < 1.29 is 9.18 Å². The minimum atomic E-state index is -0.511. The summed E-state index contributed by atoms with van der Waals surface area (Å²) in [6.45, 7) is 1.86. The van der Waals surface area contributed by atoms with E-state index in [1.807, 2.05) is 31.2 Å². The molecule has 4 heteroatoms. The molecule has 0 unspecified atom stereocenters. The number of hydrogen-bond donors (Lipinski definition) is 1. The summed E-state index contributed by atoms with van der Waals surface area (Å²) in [6, 6.07) is 13.4. The van der Waals surface area contributed by atoms with E-state index >= 15 is 0 Å². The van der Waals surface area contributed by atoms with Crippen LogP contribution >= 0.6 is 15.9 Å². The number of benzene rings is 2. The van der Waals surface area contributed by atoms with Gasteiger partial charge in [0.25, 0.3) is 5.91 Å². The van der Waals surface area contributed by atoms with E-state index in [0.717, 1.165) is 10.0 Å². The molecule has 0 aliphatic heterocycles. The summed E-state index contributed by atoms with van der Waals surface area (Å²) in [5.41, 5.74) is 1.03. The molecule has 0 bridgehead atoms. The number of carbonyl (C=O) groups is 1. The predicted octanol–water partition coefficient (Wildman–Crippen LogP) is 4.08. The monoisotopic (exact) mass is 321 g/mol. The van der Waals surface area contributed by atoms with Crippen LogP contribution in [0.3, 0.4) is 0 Å². The van der Waals surface area contributed by atoms with Crippen molar-refractivity contribution in [1.82, 2.24) is 5.32 Å². The molecule has 1 amide bonds. The zero-order valence-corrected chi connectivity index (χ0v) is 11.9. The Morgan fingerprint density at radius 2 is 1.79 bits per heavy atom. The van der Waals surface area contributed by atoms with E-state index in [9.17, 15) is 9.18 Å². The molecule has 0 saturated carbocycles. The van der Waals surface area contributed by atoms with Crippen molar-refractivity contribution in [1.29, 1.82) is 0 Å². The molecule has 98 valence electrons. The first-order valence-electron chi connectivity index (χ1n) is 5.89. The lowest BCUT2D eigenvalue weighted by atomic mass is 10.1. The maximum atomic E-state index is 13.5. The van der Waals surface area contributed by atoms with Gasteiger partial charge in [0.2, 0.25) is 0 Å². The molecule has 0 radical (unpaired) electrons. The van der Waals surface area contributed by atoms with Crippen LogP contribution < -0.4 is 5.32 Å². The molecule has 1 N–H and O–H groups in total. The lowest BCUT2D eigenvalue weighted by Crippen LogP contribution is -2.27. The van der Waals surface area contributed by atoms with Gasteiger partial charge in [-0.15, -0.1) is 0 Å². The van der Waals surface area contributed by atoms with Gasteiger partial charge in [-0.25, -0.2) is 4.39 Å². The first kappa shape index (κ1) is 13.7. The fourth-order valence-electron chi connectivity index (χ4n) is 1.75. The van der Waals surface area contributed by atoms with E-state index < -0.39 is 11.7 Å². The van der Waals surface area contributed by atoms with E-state index in [4.69, 9.17) is 0 Å². The Hall–Kier alpha value is -1.68. The molecule has 2 aromatic carbocycles. The molecular formula is C15H13BrFNO. The number of nitrogens with one attached hydrogen (secondary N) is 1. The molecule has 2 aromatic rings. The van der Waals surface area contributed by atoms with Crippen molar-refractivity contribution in [2.24, 2.45) is 0 Å². The van der Waals surface area contributed by atoms with Crippen molar-refractivity contribution in [3.63, 3.8) is 0 Å². The molecule has 0 heterocycles. The van der Waals surface area contributed by atoms with Crippen LogP contribution in [0.2, 0.25) is 0 Å². The van der Waals surface area contributed by atoms with Gasteiger partial charge in [0.15, 0.2) is 0 Å². The molecule has 0 saturated heterocycles. The summed E-state index contributed by atoms with van der Waals surface area (Å²) in [7, 11) is 0. The van der Waals surface area contributed by atoms with Crippen molar-refractivity contribution in [3.8, 4) is 0 Å². The van der Waals surface area contributed by atoms with Gasteiger partial charge in [0.05, 0.1) is 11.6 Å². The molecule has 0 spiro atoms. The van der Waals surface area contributed by atoms with Crippen LogP contribution in [0, 0.1) is 5.82 Å². The molecule has 2 rings (SSSR count). The predicted molar refractivity (Wildman–Crippen MR) is 76.4 cm³/mol. The van der Waals surface area contributed by atoms with Crippen molar-refractivity contribution in [2.45, 2.75) is 13.0 Å². The lowest BCUT2D eigenvalue weighted by Gasteiger charge is -2.14. The largest absolute Gasteiger partial charge is 0.345 e. The van der Waals surface area contributed by atoms with Crippen molar-refractivity contribution in [2.75, 3.05) is 0 Å². The Bertz CT molecular complexity index is 583. The maximum absolute atomic E-state index is 13.5. The SMILES string of the molecule is C[C@H](NC(=O)c1ccccc1F)c1ccc(Br)cc1.